The quantitative estimate of drug-likeness (QED) is 0.582. The van der Waals surface area contributed by atoms with Crippen molar-refractivity contribution < 1.29 is 9.26 Å². The van der Waals surface area contributed by atoms with Crippen LogP contribution in [0.3, 0.4) is 0 Å². The van der Waals surface area contributed by atoms with E-state index in [0.29, 0.717) is 0 Å². The Kier molecular flexibility index (Phi) is 6.72. The van der Waals surface area contributed by atoms with Gasteiger partial charge in [-0.15, -0.1) is 0 Å². The lowest BCUT2D eigenvalue weighted by atomic mass is 10.0. The Balaban J connectivity index is 1.26. The van der Waals surface area contributed by atoms with E-state index < -0.39 is 0 Å². The Labute approximate surface area is 172 Å². The number of hydrogen-bond donors (Lipinski definition) is 0. The summed E-state index contributed by atoms with van der Waals surface area (Å²) in [5.41, 5.74) is 3.42. The van der Waals surface area contributed by atoms with Crippen LogP contribution in [0, 0.1) is 6.92 Å². The average Bonchev–Trinajstić information content (AvgIpc) is 3.18. The van der Waals surface area contributed by atoms with Gasteiger partial charge in [0.05, 0.1) is 12.3 Å². The number of hydrogen-bond acceptors (Lipinski definition) is 5. The third-order valence-corrected chi connectivity index (χ3v) is 5.42. The largest absolute Gasteiger partial charge is 0.367 e. The normalized spacial score (nSPS) is 15.8. The molecular formula is C24H29N3O2. The number of rotatable bonds is 8. The van der Waals surface area contributed by atoms with Gasteiger partial charge in [0.2, 0.25) is 0 Å². The summed E-state index contributed by atoms with van der Waals surface area (Å²) in [7, 11) is 0. The van der Waals surface area contributed by atoms with E-state index in [2.05, 4.69) is 63.5 Å². The van der Waals surface area contributed by atoms with E-state index in [1.54, 1.807) is 0 Å². The van der Waals surface area contributed by atoms with Gasteiger partial charge >= 0.3 is 0 Å². The molecule has 0 saturated carbocycles. The van der Waals surface area contributed by atoms with Crippen molar-refractivity contribution in [1.29, 1.82) is 0 Å². The standard InChI is InChI=1S/C24H29N3O2/c1-20-18-23(25-29-20)19-27-14-12-26(13-15-27)16-17-28-24(21-8-4-2-5-9-21)22-10-6-3-7-11-22/h2-11,18,24H,12-17,19H2,1H3. The molecule has 0 aliphatic carbocycles. The van der Waals surface area contributed by atoms with Gasteiger partial charge in [0.1, 0.15) is 11.9 Å². The van der Waals surface area contributed by atoms with Crippen LogP contribution in [0.25, 0.3) is 0 Å². The molecular weight excluding hydrogens is 362 g/mol. The summed E-state index contributed by atoms with van der Waals surface area (Å²) >= 11 is 0. The Morgan fingerprint density at radius 1 is 0.897 bits per heavy atom. The fraction of sp³-hybridized carbons (Fsp3) is 0.375. The minimum atomic E-state index is -0.0194. The number of piperazine rings is 1. The molecule has 2 aromatic carbocycles. The summed E-state index contributed by atoms with van der Waals surface area (Å²) in [5, 5.41) is 4.11. The molecule has 0 N–H and O–H groups in total. The first-order valence-electron chi connectivity index (χ1n) is 10.4. The van der Waals surface area contributed by atoms with Gasteiger partial charge in [0.15, 0.2) is 0 Å². The predicted molar refractivity (Wildman–Crippen MR) is 114 cm³/mol. The molecule has 29 heavy (non-hydrogen) atoms. The summed E-state index contributed by atoms with van der Waals surface area (Å²) in [6.07, 6.45) is -0.0194. The molecule has 1 aliphatic rings. The van der Waals surface area contributed by atoms with Crippen molar-refractivity contribution in [1.82, 2.24) is 15.0 Å². The van der Waals surface area contributed by atoms with Gasteiger partial charge in [-0.05, 0) is 18.1 Å². The van der Waals surface area contributed by atoms with Crippen LogP contribution in [0.15, 0.2) is 71.3 Å². The fourth-order valence-electron chi connectivity index (χ4n) is 3.83. The number of nitrogens with zero attached hydrogens (tertiary/aromatic N) is 3. The molecule has 0 radical (unpaired) electrons. The second-order valence-electron chi connectivity index (χ2n) is 7.62. The third kappa shape index (κ3) is 5.54. The van der Waals surface area contributed by atoms with Crippen molar-refractivity contribution in [3.63, 3.8) is 0 Å². The SMILES string of the molecule is Cc1cc(CN2CCN(CCOC(c3ccccc3)c3ccccc3)CC2)no1. The van der Waals surface area contributed by atoms with Crippen molar-refractivity contribution in [2.45, 2.75) is 19.6 Å². The zero-order valence-electron chi connectivity index (χ0n) is 17.0. The zero-order valence-corrected chi connectivity index (χ0v) is 17.0. The summed E-state index contributed by atoms with van der Waals surface area (Å²) < 4.78 is 11.5. The van der Waals surface area contributed by atoms with Gasteiger partial charge in [-0.3, -0.25) is 9.80 Å². The Morgan fingerprint density at radius 2 is 1.48 bits per heavy atom. The lowest BCUT2D eigenvalue weighted by Crippen LogP contribution is -2.46. The molecule has 0 bridgehead atoms. The van der Waals surface area contributed by atoms with E-state index in [1.165, 1.54) is 11.1 Å². The van der Waals surface area contributed by atoms with Crippen LogP contribution >= 0.6 is 0 Å². The van der Waals surface area contributed by atoms with Crippen molar-refractivity contribution in [2.24, 2.45) is 0 Å². The minimum Gasteiger partial charge on any atom is -0.367 e. The first-order chi connectivity index (χ1) is 14.3. The predicted octanol–water partition coefficient (Wildman–Crippen LogP) is 3.91. The van der Waals surface area contributed by atoms with E-state index in [9.17, 15) is 0 Å². The minimum absolute atomic E-state index is 0.0194. The highest BCUT2D eigenvalue weighted by atomic mass is 16.5. The molecule has 1 aliphatic heterocycles. The second kappa shape index (κ2) is 9.83. The molecule has 0 atom stereocenters. The van der Waals surface area contributed by atoms with Crippen LogP contribution in [-0.4, -0.2) is 54.3 Å². The monoisotopic (exact) mass is 391 g/mol. The van der Waals surface area contributed by atoms with Crippen molar-refractivity contribution >= 4 is 0 Å². The maximum atomic E-state index is 6.36. The fourth-order valence-corrected chi connectivity index (χ4v) is 3.83. The van der Waals surface area contributed by atoms with E-state index in [-0.39, 0.29) is 6.10 Å². The van der Waals surface area contributed by atoms with Crippen LogP contribution in [-0.2, 0) is 11.3 Å². The van der Waals surface area contributed by atoms with E-state index in [1.807, 2.05) is 25.1 Å². The van der Waals surface area contributed by atoms with Crippen LogP contribution in [0.2, 0.25) is 0 Å². The molecule has 0 spiro atoms. The molecule has 0 amide bonds. The van der Waals surface area contributed by atoms with Crippen molar-refractivity contribution in [3.8, 4) is 0 Å². The molecule has 0 unspecified atom stereocenters. The summed E-state index contributed by atoms with van der Waals surface area (Å²) in [6.45, 7) is 8.69. The highest BCUT2D eigenvalue weighted by Gasteiger charge is 2.19. The molecule has 4 rings (SSSR count). The van der Waals surface area contributed by atoms with Gasteiger partial charge in [0, 0.05) is 45.3 Å². The Morgan fingerprint density at radius 3 is 2.03 bits per heavy atom. The number of aryl methyl sites for hydroxylation is 1. The van der Waals surface area contributed by atoms with E-state index in [0.717, 1.165) is 57.3 Å². The molecule has 1 aromatic heterocycles. The Hall–Kier alpha value is -2.47. The van der Waals surface area contributed by atoms with Gasteiger partial charge in [-0.2, -0.15) is 0 Å². The lowest BCUT2D eigenvalue weighted by molar-refractivity contribution is 0.0439. The number of ether oxygens (including phenoxy) is 1. The van der Waals surface area contributed by atoms with Crippen LogP contribution in [0.1, 0.15) is 28.7 Å². The number of aromatic nitrogens is 1. The molecule has 1 saturated heterocycles. The first-order valence-corrected chi connectivity index (χ1v) is 10.4. The highest BCUT2D eigenvalue weighted by molar-refractivity contribution is 5.29. The van der Waals surface area contributed by atoms with Crippen molar-refractivity contribution in [3.05, 3.63) is 89.3 Å². The molecule has 5 nitrogen and oxygen atoms in total. The van der Waals surface area contributed by atoms with E-state index in [4.69, 9.17) is 9.26 Å². The number of benzene rings is 2. The van der Waals surface area contributed by atoms with Gasteiger partial charge < -0.3 is 9.26 Å². The third-order valence-electron chi connectivity index (χ3n) is 5.42. The second-order valence-corrected chi connectivity index (χ2v) is 7.62. The van der Waals surface area contributed by atoms with Crippen LogP contribution in [0.5, 0.6) is 0 Å². The highest BCUT2D eigenvalue weighted by Crippen LogP contribution is 2.25. The summed E-state index contributed by atoms with van der Waals surface area (Å²) in [5.74, 6) is 0.877. The molecule has 1 fully saturated rings. The Bertz CT molecular complexity index is 819. The molecule has 152 valence electrons. The first kappa shape index (κ1) is 19.8. The van der Waals surface area contributed by atoms with E-state index >= 15 is 0 Å². The molecule has 5 heteroatoms. The summed E-state index contributed by atoms with van der Waals surface area (Å²) in [6, 6.07) is 23.0. The molecule has 3 aromatic rings. The average molecular weight is 392 g/mol. The maximum Gasteiger partial charge on any atom is 0.133 e. The molecule has 2 heterocycles. The van der Waals surface area contributed by atoms with Crippen molar-refractivity contribution in [2.75, 3.05) is 39.3 Å². The smallest absolute Gasteiger partial charge is 0.133 e. The van der Waals surface area contributed by atoms with Crippen LogP contribution in [0.4, 0.5) is 0 Å². The lowest BCUT2D eigenvalue weighted by Gasteiger charge is -2.34. The van der Waals surface area contributed by atoms with Gasteiger partial charge in [0.25, 0.3) is 0 Å². The zero-order chi connectivity index (χ0) is 19.9. The van der Waals surface area contributed by atoms with Gasteiger partial charge in [-0.1, -0.05) is 65.8 Å². The van der Waals surface area contributed by atoms with Gasteiger partial charge in [-0.25, -0.2) is 0 Å². The maximum absolute atomic E-state index is 6.36. The summed E-state index contributed by atoms with van der Waals surface area (Å²) in [4.78, 5) is 4.92. The van der Waals surface area contributed by atoms with Crippen LogP contribution < -0.4 is 0 Å². The topological polar surface area (TPSA) is 41.7 Å².